The molecule has 120 valence electrons. The SMILES string of the molecule is Cc1ccc(NC(=S)N2CCN(c3ccc(Cl)cc3)CC2)cc1. The van der Waals surface area contributed by atoms with Crippen molar-refractivity contribution in [2.75, 3.05) is 36.4 Å². The number of thiocarbonyl (C=S) groups is 1. The average Bonchev–Trinajstić information content (AvgIpc) is 2.58. The van der Waals surface area contributed by atoms with E-state index in [0.29, 0.717) is 0 Å². The number of rotatable bonds is 2. The molecule has 1 heterocycles. The molecule has 1 N–H and O–H groups in total. The number of nitrogens with one attached hydrogen (secondary N) is 1. The highest BCUT2D eigenvalue weighted by Crippen LogP contribution is 2.20. The zero-order chi connectivity index (χ0) is 16.2. The van der Waals surface area contributed by atoms with Crippen LogP contribution in [0.5, 0.6) is 0 Å². The summed E-state index contributed by atoms with van der Waals surface area (Å²) in [4.78, 5) is 4.59. The normalized spacial score (nSPS) is 14.7. The Morgan fingerprint density at radius 2 is 1.57 bits per heavy atom. The first kappa shape index (κ1) is 16.1. The summed E-state index contributed by atoms with van der Waals surface area (Å²) in [5, 5.41) is 4.89. The Labute approximate surface area is 147 Å². The van der Waals surface area contributed by atoms with Gasteiger partial charge in [0, 0.05) is 42.6 Å². The Morgan fingerprint density at radius 1 is 0.957 bits per heavy atom. The fraction of sp³-hybridized carbons (Fsp3) is 0.278. The minimum absolute atomic E-state index is 0.774. The third-order valence-corrected chi connectivity index (χ3v) is 4.67. The van der Waals surface area contributed by atoms with E-state index in [1.807, 2.05) is 12.1 Å². The molecule has 3 rings (SSSR count). The number of piperazine rings is 1. The average molecular weight is 346 g/mol. The van der Waals surface area contributed by atoms with E-state index >= 15 is 0 Å². The Balaban J connectivity index is 1.54. The van der Waals surface area contributed by atoms with Crippen LogP contribution in [0.4, 0.5) is 11.4 Å². The minimum atomic E-state index is 0.774. The van der Waals surface area contributed by atoms with Gasteiger partial charge in [0.05, 0.1) is 0 Å². The van der Waals surface area contributed by atoms with Gasteiger partial charge in [-0.25, -0.2) is 0 Å². The smallest absolute Gasteiger partial charge is 0.173 e. The maximum absolute atomic E-state index is 5.95. The zero-order valence-electron chi connectivity index (χ0n) is 13.1. The molecule has 0 atom stereocenters. The van der Waals surface area contributed by atoms with Crippen LogP contribution >= 0.6 is 23.8 Å². The number of nitrogens with zero attached hydrogens (tertiary/aromatic N) is 2. The summed E-state index contributed by atoms with van der Waals surface area (Å²) in [5.74, 6) is 0. The maximum atomic E-state index is 5.95. The van der Waals surface area contributed by atoms with Crippen molar-refractivity contribution in [3.63, 3.8) is 0 Å². The molecule has 2 aromatic carbocycles. The second-order valence-corrected chi connectivity index (χ2v) is 6.57. The predicted molar refractivity (Wildman–Crippen MR) is 103 cm³/mol. The predicted octanol–water partition coefficient (Wildman–Crippen LogP) is 4.17. The number of anilines is 2. The Bertz CT molecular complexity index is 662. The van der Waals surface area contributed by atoms with Crippen molar-refractivity contribution in [1.29, 1.82) is 0 Å². The maximum Gasteiger partial charge on any atom is 0.173 e. The highest BCUT2D eigenvalue weighted by Gasteiger charge is 2.19. The number of halogens is 1. The van der Waals surface area contributed by atoms with Crippen molar-refractivity contribution in [2.24, 2.45) is 0 Å². The van der Waals surface area contributed by atoms with Crippen LogP contribution in [0.15, 0.2) is 48.5 Å². The van der Waals surface area contributed by atoms with Crippen molar-refractivity contribution in [3.8, 4) is 0 Å². The monoisotopic (exact) mass is 345 g/mol. The molecule has 0 aliphatic carbocycles. The van der Waals surface area contributed by atoms with Crippen LogP contribution < -0.4 is 10.2 Å². The summed E-state index contributed by atoms with van der Waals surface area (Å²) >= 11 is 11.5. The van der Waals surface area contributed by atoms with Gasteiger partial charge in [0.1, 0.15) is 0 Å². The first-order valence-electron chi connectivity index (χ1n) is 7.75. The largest absolute Gasteiger partial charge is 0.368 e. The summed E-state index contributed by atoms with van der Waals surface area (Å²) in [6.45, 7) is 5.83. The molecule has 3 nitrogen and oxygen atoms in total. The van der Waals surface area contributed by atoms with Crippen LogP contribution in [0.2, 0.25) is 5.02 Å². The van der Waals surface area contributed by atoms with Crippen LogP contribution in [0.1, 0.15) is 5.56 Å². The second kappa shape index (κ2) is 7.20. The van der Waals surface area contributed by atoms with E-state index in [4.69, 9.17) is 23.8 Å². The second-order valence-electron chi connectivity index (χ2n) is 5.75. The van der Waals surface area contributed by atoms with Gasteiger partial charge in [0.15, 0.2) is 5.11 Å². The first-order chi connectivity index (χ1) is 11.1. The molecule has 0 amide bonds. The molecule has 1 aliphatic heterocycles. The molecule has 0 saturated carbocycles. The van der Waals surface area contributed by atoms with Crippen LogP contribution in [0, 0.1) is 6.92 Å². The van der Waals surface area contributed by atoms with E-state index in [0.717, 1.165) is 42.0 Å². The lowest BCUT2D eigenvalue weighted by molar-refractivity contribution is 0.391. The Kier molecular flexibility index (Phi) is 5.03. The summed E-state index contributed by atoms with van der Waals surface area (Å²) < 4.78 is 0. The number of hydrogen-bond donors (Lipinski definition) is 1. The zero-order valence-corrected chi connectivity index (χ0v) is 14.7. The van der Waals surface area contributed by atoms with E-state index in [1.54, 1.807) is 0 Å². The lowest BCUT2D eigenvalue weighted by atomic mass is 10.2. The van der Waals surface area contributed by atoms with Gasteiger partial charge in [-0.05, 0) is 55.5 Å². The van der Waals surface area contributed by atoms with Crippen LogP contribution in [0.3, 0.4) is 0 Å². The van der Waals surface area contributed by atoms with E-state index in [2.05, 4.69) is 58.4 Å². The molecule has 23 heavy (non-hydrogen) atoms. The van der Waals surface area contributed by atoms with E-state index in [-0.39, 0.29) is 0 Å². The van der Waals surface area contributed by atoms with Gasteiger partial charge in [-0.15, -0.1) is 0 Å². The molecule has 1 fully saturated rings. The van der Waals surface area contributed by atoms with Gasteiger partial charge < -0.3 is 15.1 Å². The number of benzene rings is 2. The highest BCUT2D eigenvalue weighted by molar-refractivity contribution is 7.80. The van der Waals surface area contributed by atoms with E-state index < -0.39 is 0 Å². The van der Waals surface area contributed by atoms with Gasteiger partial charge in [-0.1, -0.05) is 29.3 Å². The van der Waals surface area contributed by atoms with Crippen molar-refractivity contribution < 1.29 is 0 Å². The van der Waals surface area contributed by atoms with Crippen molar-refractivity contribution in [2.45, 2.75) is 6.92 Å². The summed E-state index contributed by atoms with van der Waals surface area (Å²) in [5.41, 5.74) is 3.50. The summed E-state index contributed by atoms with van der Waals surface area (Å²) in [6.07, 6.45) is 0. The first-order valence-corrected chi connectivity index (χ1v) is 8.53. The Morgan fingerprint density at radius 3 is 2.17 bits per heavy atom. The molecule has 0 spiro atoms. The highest BCUT2D eigenvalue weighted by atomic mass is 35.5. The number of aryl methyl sites for hydroxylation is 1. The van der Waals surface area contributed by atoms with Gasteiger partial charge in [-0.2, -0.15) is 0 Å². The standard InChI is InChI=1S/C18H20ClN3S/c1-14-2-6-16(7-3-14)20-18(23)22-12-10-21(11-13-22)17-8-4-15(19)5-9-17/h2-9H,10-13H2,1H3,(H,20,23). The topological polar surface area (TPSA) is 18.5 Å². The molecule has 5 heteroatoms. The lowest BCUT2D eigenvalue weighted by Crippen LogP contribution is -2.50. The lowest BCUT2D eigenvalue weighted by Gasteiger charge is -2.37. The molecule has 0 bridgehead atoms. The minimum Gasteiger partial charge on any atom is -0.368 e. The van der Waals surface area contributed by atoms with Crippen LogP contribution in [-0.2, 0) is 0 Å². The molecule has 0 aromatic heterocycles. The molecule has 0 unspecified atom stereocenters. The van der Waals surface area contributed by atoms with Crippen molar-refractivity contribution in [3.05, 3.63) is 59.1 Å². The molecule has 1 aliphatic rings. The van der Waals surface area contributed by atoms with Crippen molar-refractivity contribution >= 4 is 40.3 Å². The third kappa shape index (κ3) is 4.15. The van der Waals surface area contributed by atoms with Crippen molar-refractivity contribution in [1.82, 2.24) is 4.90 Å². The molecular formula is C18H20ClN3S. The van der Waals surface area contributed by atoms with Gasteiger partial charge in [-0.3, -0.25) is 0 Å². The Hall–Kier alpha value is -1.78. The summed E-state index contributed by atoms with van der Waals surface area (Å²) in [6, 6.07) is 16.3. The quantitative estimate of drug-likeness (QED) is 0.823. The van der Waals surface area contributed by atoms with E-state index in [9.17, 15) is 0 Å². The molecule has 0 radical (unpaired) electrons. The fourth-order valence-corrected chi connectivity index (χ4v) is 3.09. The van der Waals surface area contributed by atoms with Gasteiger partial charge >= 0.3 is 0 Å². The van der Waals surface area contributed by atoms with E-state index in [1.165, 1.54) is 11.3 Å². The molecule has 1 saturated heterocycles. The van der Waals surface area contributed by atoms with Crippen LogP contribution in [-0.4, -0.2) is 36.2 Å². The summed E-state index contributed by atoms with van der Waals surface area (Å²) in [7, 11) is 0. The van der Waals surface area contributed by atoms with Crippen LogP contribution in [0.25, 0.3) is 0 Å². The van der Waals surface area contributed by atoms with Gasteiger partial charge in [0.25, 0.3) is 0 Å². The van der Waals surface area contributed by atoms with Gasteiger partial charge in [0.2, 0.25) is 0 Å². The molecular weight excluding hydrogens is 326 g/mol. The third-order valence-electron chi connectivity index (χ3n) is 4.06. The molecule has 2 aromatic rings. The fourth-order valence-electron chi connectivity index (χ4n) is 2.66. The number of hydrogen-bond acceptors (Lipinski definition) is 2.